The Balaban J connectivity index is 1.29. The molecule has 13 nitrogen and oxygen atoms in total. The SMILES string of the molecule is Cc1c(Cc2ccccc2[N+](=O)[O-])c(=O)oc2nc(Oc3ccc4c(C)c(Cc5ccccc5[N+](=O)[O-])c(=O)oc4n3)ccc12. The molecule has 0 N–H and O–H groups in total. The monoisotopic (exact) mass is 606 g/mol. The van der Waals surface area contributed by atoms with Gasteiger partial charge in [-0.05, 0) is 37.1 Å². The number of fused-ring (bicyclic) bond motifs is 2. The molecule has 0 aliphatic rings. The second-order valence-electron chi connectivity index (χ2n) is 10.2. The molecule has 0 unspecified atom stereocenters. The van der Waals surface area contributed by atoms with Crippen molar-refractivity contribution in [2.45, 2.75) is 26.7 Å². The number of para-hydroxylation sites is 2. The molecule has 224 valence electrons. The normalized spacial score (nSPS) is 11.2. The largest absolute Gasteiger partial charge is 0.420 e. The molecule has 2 aromatic carbocycles. The first kappa shape index (κ1) is 28.9. The van der Waals surface area contributed by atoms with Crippen LogP contribution in [0.5, 0.6) is 11.8 Å². The number of pyridine rings is 2. The molecule has 0 spiro atoms. The average molecular weight is 607 g/mol. The molecule has 0 amide bonds. The first-order valence-electron chi connectivity index (χ1n) is 13.6. The van der Waals surface area contributed by atoms with Crippen LogP contribution in [0.2, 0.25) is 0 Å². The summed E-state index contributed by atoms with van der Waals surface area (Å²) in [5.41, 5.74) is 0.893. The fourth-order valence-corrected chi connectivity index (χ4v) is 5.19. The number of nitrogens with zero attached hydrogens (tertiary/aromatic N) is 4. The summed E-state index contributed by atoms with van der Waals surface area (Å²) in [5, 5.41) is 23.9. The maximum Gasteiger partial charge on any atom is 0.341 e. The van der Waals surface area contributed by atoms with Crippen molar-refractivity contribution in [3.05, 3.63) is 147 Å². The predicted octanol–water partition coefficient (Wildman–Crippen LogP) is 6.10. The van der Waals surface area contributed by atoms with Crippen LogP contribution in [-0.2, 0) is 12.8 Å². The molecule has 0 aliphatic carbocycles. The van der Waals surface area contributed by atoms with Gasteiger partial charge >= 0.3 is 11.3 Å². The number of hydrogen-bond donors (Lipinski definition) is 0. The van der Waals surface area contributed by atoms with Crippen molar-refractivity contribution < 1.29 is 23.4 Å². The lowest BCUT2D eigenvalue weighted by molar-refractivity contribution is -0.385. The van der Waals surface area contributed by atoms with Crippen molar-refractivity contribution in [1.82, 2.24) is 9.97 Å². The highest BCUT2D eigenvalue weighted by Crippen LogP contribution is 2.29. The van der Waals surface area contributed by atoms with E-state index in [-0.39, 0.29) is 58.5 Å². The maximum absolute atomic E-state index is 12.9. The third-order valence-electron chi connectivity index (χ3n) is 7.57. The molecule has 4 heterocycles. The Bertz CT molecular complexity index is 2130. The number of ether oxygens (including phenoxy) is 1. The summed E-state index contributed by atoms with van der Waals surface area (Å²) in [5.74, 6) is 0.103. The first-order valence-corrected chi connectivity index (χ1v) is 13.6. The van der Waals surface area contributed by atoms with E-state index in [1.807, 2.05) is 0 Å². The van der Waals surface area contributed by atoms with Gasteiger partial charge in [-0.25, -0.2) is 9.59 Å². The minimum absolute atomic E-state index is 0.00382. The van der Waals surface area contributed by atoms with Crippen molar-refractivity contribution >= 4 is 33.6 Å². The Labute approximate surface area is 252 Å². The molecule has 13 heteroatoms. The molecule has 0 saturated carbocycles. The lowest BCUT2D eigenvalue weighted by Crippen LogP contribution is -2.12. The van der Waals surface area contributed by atoms with E-state index in [9.17, 15) is 29.8 Å². The molecule has 6 rings (SSSR count). The zero-order chi connectivity index (χ0) is 31.8. The van der Waals surface area contributed by atoms with Gasteiger partial charge in [0.2, 0.25) is 23.2 Å². The van der Waals surface area contributed by atoms with Crippen LogP contribution in [0.3, 0.4) is 0 Å². The average Bonchev–Trinajstić information content (AvgIpc) is 3.01. The van der Waals surface area contributed by atoms with Gasteiger partial charge in [0.15, 0.2) is 0 Å². The van der Waals surface area contributed by atoms with Crippen LogP contribution < -0.4 is 16.0 Å². The summed E-state index contributed by atoms with van der Waals surface area (Å²) in [4.78, 5) is 56.3. The quantitative estimate of drug-likeness (QED) is 0.144. The molecule has 45 heavy (non-hydrogen) atoms. The smallest absolute Gasteiger partial charge is 0.341 e. The zero-order valence-electron chi connectivity index (χ0n) is 23.8. The molecular weight excluding hydrogens is 584 g/mol. The van der Waals surface area contributed by atoms with Gasteiger partial charge in [-0.15, -0.1) is 0 Å². The van der Waals surface area contributed by atoms with Gasteiger partial charge in [0, 0.05) is 70.1 Å². The van der Waals surface area contributed by atoms with E-state index in [1.54, 1.807) is 74.5 Å². The van der Waals surface area contributed by atoms with Gasteiger partial charge in [0.05, 0.1) is 9.85 Å². The van der Waals surface area contributed by atoms with E-state index in [2.05, 4.69) is 9.97 Å². The third-order valence-corrected chi connectivity index (χ3v) is 7.57. The number of nitro benzene ring substituents is 2. The highest BCUT2D eigenvalue weighted by atomic mass is 16.6. The Morgan fingerprint density at radius 1 is 0.644 bits per heavy atom. The number of aromatic nitrogens is 2. The van der Waals surface area contributed by atoms with Crippen molar-refractivity contribution in [2.75, 3.05) is 0 Å². The highest BCUT2D eigenvalue weighted by Gasteiger charge is 2.21. The maximum atomic E-state index is 12.9. The number of rotatable bonds is 8. The molecule has 0 fully saturated rings. The van der Waals surface area contributed by atoms with E-state index in [4.69, 9.17) is 13.6 Å². The molecular formula is C32H22N4O9. The fraction of sp³-hybridized carbons (Fsp3) is 0.125. The fourth-order valence-electron chi connectivity index (χ4n) is 5.19. The summed E-state index contributed by atoms with van der Waals surface area (Å²) in [6.07, 6.45) is 0.0180. The third kappa shape index (κ3) is 5.49. The summed E-state index contributed by atoms with van der Waals surface area (Å²) in [6, 6.07) is 18.8. The number of benzene rings is 2. The number of aryl methyl sites for hydroxylation is 2. The topological polar surface area (TPSA) is 182 Å². The second kappa shape index (κ2) is 11.4. The van der Waals surface area contributed by atoms with Gasteiger partial charge in [-0.1, -0.05) is 36.4 Å². The van der Waals surface area contributed by atoms with Crippen LogP contribution in [0, 0.1) is 34.1 Å². The van der Waals surface area contributed by atoms with Crippen molar-refractivity contribution in [3.8, 4) is 11.8 Å². The highest BCUT2D eigenvalue weighted by molar-refractivity contribution is 5.79. The lowest BCUT2D eigenvalue weighted by Gasteiger charge is -2.10. The summed E-state index contributed by atoms with van der Waals surface area (Å²) >= 11 is 0. The van der Waals surface area contributed by atoms with Gasteiger partial charge in [0.1, 0.15) is 0 Å². The zero-order valence-corrected chi connectivity index (χ0v) is 23.8. The Hall–Kier alpha value is -6.24. The van der Waals surface area contributed by atoms with Gasteiger partial charge in [-0.2, -0.15) is 9.97 Å². The van der Waals surface area contributed by atoms with Gasteiger partial charge < -0.3 is 13.6 Å². The van der Waals surface area contributed by atoms with E-state index >= 15 is 0 Å². The van der Waals surface area contributed by atoms with Gasteiger partial charge in [-0.3, -0.25) is 20.2 Å². The molecule has 0 bridgehead atoms. The summed E-state index contributed by atoms with van der Waals surface area (Å²) in [6.45, 7) is 3.43. The van der Waals surface area contributed by atoms with E-state index < -0.39 is 21.1 Å². The molecule has 0 saturated heterocycles. The van der Waals surface area contributed by atoms with Crippen molar-refractivity contribution in [2.24, 2.45) is 0 Å². The van der Waals surface area contributed by atoms with Crippen LogP contribution >= 0.6 is 0 Å². The van der Waals surface area contributed by atoms with Crippen LogP contribution in [0.4, 0.5) is 11.4 Å². The molecule has 0 atom stereocenters. The molecule has 4 aromatic heterocycles. The Morgan fingerprint density at radius 3 is 1.44 bits per heavy atom. The molecule has 0 aliphatic heterocycles. The van der Waals surface area contributed by atoms with Crippen molar-refractivity contribution in [3.63, 3.8) is 0 Å². The minimum atomic E-state index is -0.680. The Kier molecular flexibility index (Phi) is 7.34. The Morgan fingerprint density at radius 2 is 1.04 bits per heavy atom. The van der Waals surface area contributed by atoms with E-state index in [0.717, 1.165) is 0 Å². The van der Waals surface area contributed by atoms with E-state index in [1.165, 1.54) is 12.1 Å². The van der Waals surface area contributed by atoms with Crippen LogP contribution in [-0.4, -0.2) is 19.8 Å². The summed E-state index contributed by atoms with van der Waals surface area (Å²) < 4.78 is 16.7. The standard InChI is InChI=1S/C32H22N4O9/c1-17-21-11-13-27(33-29(21)44-31(37)23(17)15-19-7-3-5-9-25(19)35(39)40)43-28-14-12-22-18(2)24(32(38)45-30(22)34-28)16-20-8-4-6-10-26(20)36(41)42/h3-14H,15-16H2,1-2H3. The van der Waals surface area contributed by atoms with Crippen LogP contribution in [0.1, 0.15) is 33.4 Å². The molecule has 6 aromatic rings. The van der Waals surface area contributed by atoms with Gasteiger partial charge in [0.25, 0.3) is 11.4 Å². The van der Waals surface area contributed by atoms with E-state index in [0.29, 0.717) is 33.0 Å². The molecule has 0 radical (unpaired) electrons. The second-order valence-corrected chi connectivity index (χ2v) is 10.2. The van der Waals surface area contributed by atoms with Crippen LogP contribution in [0.15, 0.2) is 91.2 Å². The summed E-state index contributed by atoms with van der Waals surface area (Å²) in [7, 11) is 0. The predicted molar refractivity (Wildman–Crippen MR) is 162 cm³/mol. The van der Waals surface area contributed by atoms with Crippen LogP contribution in [0.25, 0.3) is 22.2 Å². The lowest BCUT2D eigenvalue weighted by atomic mass is 9.99. The number of nitro groups is 2. The minimum Gasteiger partial charge on any atom is -0.420 e. The van der Waals surface area contributed by atoms with Crippen molar-refractivity contribution in [1.29, 1.82) is 0 Å². The first-order chi connectivity index (χ1) is 21.6. The number of hydrogen-bond acceptors (Lipinski definition) is 11.